The third-order valence-corrected chi connectivity index (χ3v) is 6.59. The first-order chi connectivity index (χ1) is 17.9. The lowest BCUT2D eigenvalue weighted by atomic mass is 9.95. The maximum atomic E-state index is 12.1. The monoisotopic (exact) mass is 498 g/mol. The van der Waals surface area contributed by atoms with Gasteiger partial charge in [0.25, 0.3) is 5.89 Å². The van der Waals surface area contributed by atoms with Crippen LogP contribution in [-0.2, 0) is 10.3 Å². The smallest absolute Gasteiger partial charge is 0.339 e. The van der Waals surface area contributed by atoms with Crippen molar-refractivity contribution in [2.45, 2.75) is 44.2 Å². The number of aliphatic hydroxyl groups is 1. The van der Waals surface area contributed by atoms with E-state index in [-0.39, 0.29) is 12.6 Å². The van der Waals surface area contributed by atoms with Gasteiger partial charge in [0.15, 0.2) is 5.82 Å². The van der Waals surface area contributed by atoms with E-state index in [1.807, 2.05) is 50.2 Å². The van der Waals surface area contributed by atoms with Gasteiger partial charge >= 0.3 is 5.97 Å². The number of hydrogen-bond donors (Lipinski definition) is 3. The van der Waals surface area contributed by atoms with Crippen molar-refractivity contribution < 1.29 is 19.2 Å². The molecule has 1 fully saturated rings. The quantitative estimate of drug-likeness (QED) is 0.293. The molecule has 188 valence electrons. The van der Waals surface area contributed by atoms with Gasteiger partial charge in [0.2, 0.25) is 5.95 Å². The second kappa shape index (κ2) is 8.97. The molecule has 10 heteroatoms. The van der Waals surface area contributed by atoms with E-state index in [9.17, 15) is 9.90 Å². The van der Waals surface area contributed by atoms with Crippen molar-refractivity contribution in [3.63, 3.8) is 0 Å². The van der Waals surface area contributed by atoms with Gasteiger partial charge in [-0.2, -0.15) is 9.97 Å². The molecule has 1 atom stereocenters. The zero-order valence-electron chi connectivity index (χ0n) is 20.4. The summed E-state index contributed by atoms with van der Waals surface area (Å²) in [6.45, 7) is 3.56. The molecule has 0 spiro atoms. The van der Waals surface area contributed by atoms with Crippen LogP contribution < -0.4 is 10.6 Å². The lowest BCUT2D eigenvalue weighted by molar-refractivity contribution is 0.00954. The van der Waals surface area contributed by atoms with E-state index in [0.717, 1.165) is 24.0 Å². The summed E-state index contributed by atoms with van der Waals surface area (Å²) in [7, 11) is 0. The summed E-state index contributed by atoms with van der Waals surface area (Å²) >= 11 is 0. The Bertz CT molecular complexity index is 1470. The molecule has 1 aliphatic heterocycles. The van der Waals surface area contributed by atoms with Crippen LogP contribution in [0.4, 0.5) is 17.5 Å². The molecule has 2 aromatic heterocycles. The van der Waals surface area contributed by atoms with Crippen LogP contribution in [0.2, 0.25) is 0 Å². The fourth-order valence-electron chi connectivity index (χ4n) is 4.41. The Kier molecular flexibility index (Phi) is 5.60. The number of cyclic esters (lactones) is 1. The summed E-state index contributed by atoms with van der Waals surface area (Å²) in [6.07, 6.45) is 3.72. The van der Waals surface area contributed by atoms with E-state index in [4.69, 9.17) is 14.2 Å². The lowest BCUT2D eigenvalue weighted by Gasteiger charge is -2.20. The summed E-state index contributed by atoms with van der Waals surface area (Å²) in [4.78, 5) is 25.9. The third kappa shape index (κ3) is 4.51. The van der Waals surface area contributed by atoms with E-state index in [1.165, 1.54) is 0 Å². The van der Waals surface area contributed by atoms with Crippen molar-refractivity contribution in [3.8, 4) is 11.5 Å². The van der Waals surface area contributed by atoms with Gasteiger partial charge in [0, 0.05) is 23.4 Å². The van der Waals surface area contributed by atoms with Crippen molar-refractivity contribution in [2.75, 3.05) is 17.2 Å². The Morgan fingerprint density at radius 3 is 2.68 bits per heavy atom. The molecular formula is C27H26N6O4. The van der Waals surface area contributed by atoms with E-state index in [0.29, 0.717) is 46.2 Å². The van der Waals surface area contributed by atoms with Gasteiger partial charge < -0.3 is 25.0 Å². The Hall–Kier alpha value is -4.31. The number of aromatic nitrogens is 4. The first-order valence-electron chi connectivity index (χ1n) is 12.2. The topological polar surface area (TPSA) is 135 Å². The van der Waals surface area contributed by atoms with E-state index in [1.54, 1.807) is 18.3 Å². The standard InChI is InChI=1S/C27H26N6O4/c1-27(2)20-12-17(10-11-18(20)25(35)36-27)29-26-28-13-19(24-31-22(33-37-24)16-8-9-16)23(32-26)30-21(14-34)15-6-4-3-5-7-15/h3-7,10-13,16,21,34H,8-9,14H2,1-2H3,(H2,28,29,30,32). The number of nitrogens with zero attached hydrogens (tertiary/aromatic N) is 4. The second-order valence-corrected chi connectivity index (χ2v) is 9.76. The molecule has 1 saturated carbocycles. The van der Waals surface area contributed by atoms with E-state index < -0.39 is 11.6 Å². The largest absolute Gasteiger partial charge is 0.451 e. The number of esters is 1. The molecule has 6 rings (SSSR count). The van der Waals surface area contributed by atoms with Crippen LogP contribution in [0, 0.1) is 0 Å². The summed E-state index contributed by atoms with van der Waals surface area (Å²) in [5.41, 5.74) is 2.76. The molecule has 4 aromatic rings. The Labute approximate surface area is 213 Å². The number of carbonyl (C=O) groups is 1. The molecule has 1 aliphatic carbocycles. The van der Waals surface area contributed by atoms with Crippen LogP contribution in [0.3, 0.4) is 0 Å². The first-order valence-corrected chi connectivity index (χ1v) is 12.2. The van der Waals surface area contributed by atoms with Crippen molar-refractivity contribution in [1.29, 1.82) is 0 Å². The van der Waals surface area contributed by atoms with Gasteiger partial charge in [-0.15, -0.1) is 0 Å². The Morgan fingerprint density at radius 2 is 1.92 bits per heavy atom. The predicted octanol–water partition coefficient (Wildman–Crippen LogP) is 4.70. The number of carbonyl (C=O) groups excluding carboxylic acids is 1. The van der Waals surface area contributed by atoms with Crippen LogP contribution in [0.15, 0.2) is 59.3 Å². The molecule has 0 saturated heterocycles. The molecule has 3 heterocycles. The molecule has 0 amide bonds. The van der Waals surface area contributed by atoms with Gasteiger partial charge in [-0.25, -0.2) is 9.78 Å². The number of nitrogens with one attached hydrogen (secondary N) is 2. The molecule has 3 N–H and O–H groups in total. The Balaban J connectivity index is 1.35. The summed E-state index contributed by atoms with van der Waals surface area (Å²) in [5.74, 6) is 1.76. The summed E-state index contributed by atoms with van der Waals surface area (Å²) in [5, 5.41) is 20.8. The van der Waals surface area contributed by atoms with Crippen molar-refractivity contribution in [1.82, 2.24) is 20.1 Å². The van der Waals surface area contributed by atoms with Gasteiger partial charge in [-0.3, -0.25) is 0 Å². The fraction of sp³-hybridized carbons (Fsp3) is 0.296. The molecule has 1 unspecified atom stereocenters. The van der Waals surface area contributed by atoms with Gasteiger partial charge in [0.05, 0.1) is 18.2 Å². The van der Waals surface area contributed by atoms with Crippen LogP contribution in [-0.4, -0.2) is 37.8 Å². The normalized spacial score (nSPS) is 16.7. The van der Waals surface area contributed by atoms with Crippen LogP contribution in [0.5, 0.6) is 0 Å². The molecule has 10 nitrogen and oxygen atoms in total. The van der Waals surface area contributed by atoms with Crippen molar-refractivity contribution in [2.24, 2.45) is 0 Å². The number of anilines is 3. The average Bonchev–Trinajstić information content (AvgIpc) is 3.58. The number of rotatable bonds is 8. The molecule has 0 bridgehead atoms. The number of fused-ring (bicyclic) bond motifs is 1. The molecular weight excluding hydrogens is 472 g/mol. The number of benzene rings is 2. The van der Waals surface area contributed by atoms with Gasteiger partial charge in [-0.05, 0) is 50.5 Å². The highest BCUT2D eigenvalue weighted by Crippen LogP contribution is 2.40. The highest BCUT2D eigenvalue weighted by atomic mass is 16.6. The zero-order valence-corrected chi connectivity index (χ0v) is 20.4. The van der Waals surface area contributed by atoms with Crippen LogP contribution in [0.1, 0.15) is 66.0 Å². The maximum Gasteiger partial charge on any atom is 0.339 e. The minimum Gasteiger partial charge on any atom is -0.451 e. The third-order valence-electron chi connectivity index (χ3n) is 6.59. The highest BCUT2D eigenvalue weighted by Gasteiger charge is 2.37. The molecule has 0 radical (unpaired) electrons. The van der Waals surface area contributed by atoms with E-state index >= 15 is 0 Å². The van der Waals surface area contributed by atoms with Gasteiger partial charge in [-0.1, -0.05) is 35.5 Å². The molecule has 2 aromatic carbocycles. The number of aliphatic hydroxyl groups excluding tert-OH is 1. The number of ether oxygens (including phenoxy) is 1. The molecule has 2 aliphatic rings. The predicted molar refractivity (Wildman–Crippen MR) is 135 cm³/mol. The highest BCUT2D eigenvalue weighted by molar-refractivity contribution is 5.95. The van der Waals surface area contributed by atoms with Crippen molar-refractivity contribution in [3.05, 3.63) is 77.2 Å². The zero-order chi connectivity index (χ0) is 25.6. The minimum atomic E-state index is -0.719. The SMILES string of the molecule is CC1(C)OC(=O)c2ccc(Nc3ncc(-c4nc(C5CC5)no4)c(NC(CO)c4ccccc4)n3)cc21. The second-order valence-electron chi connectivity index (χ2n) is 9.76. The fourth-order valence-corrected chi connectivity index (χ4v) is 4.41. The maximum absolute atomic E-state index is 12.1. The molecule has 37 heavy (non-hydrogen) atoms. The number of hydrogen-bond acceptors (Lipinski definition) is 10. The summed E-state index contributed by atoms with van der Waals surface area (Å²) in [6, 6.07) is 14.6. The summed E-state index contributed by atoms with van der Waals surface area (Å²) < 4.78 is 11.0. The van der Waals surface area contributed by atoms with Gasteiger partial charge in [0.1, 0.15) is 17.0 Å². The Morgan fingerprint density at radius 1 is 1.11 bits per heavy atom. The van der Waals surface area contributed by atoms with Crippen LogP contribution in [0.25, 0.3) is 11.5 Å². The first kappa shape index (κ1) is 23.1. The average molecular weight is 499 g/mol. The van der Waals surface area contributed by atoms with Crippen molar-refractivity contribution >= 4 is 23.4 Å². The lowest BCUT2D eigenvalue weighted by Crippen LogP contribution is -2.17. The van der Waals surface area contributed by atoms with E-state index in [2.05, 4.69) is 25.8 Å². The minimum absolute atomic E-state index is 0.151. The van der Waals surface area contributed by atoms with Crippen LogP contribution >= 0.6 is 0 Å².